The maximum absolute atomic E-state index is 12.6. The molecule has 4 nitrogen and oxygen atoms in total. The van der Waals surface area contributed by atoms with Crippen LogP contribution in [0.1, 0.15) is 65.2 Å². The molecule has 3 aliphatic carbocycles. The summed E-state index contributed by atoms with van der Waals surface area (Å²) in [5, 5.41) is 19.4. The first-order valence-electron chi connectivity index (χ1n) is 8.72. The fourth-order valence-corrected chi connectivity index (χ4v) is 5.94. The fourth-order valence-electron chi connectivity index (χ4n) is 5.94. The molecule has 6 unspecified atom stereocenters. The average molecular weight is 308 g/mol. The molecule has 3 fully saturated rings. The number of rotatable bonds is 3. The Morgan fingerprint density at radius 3 is 2.59 bits per heavy atom. The Morgan fingerprint density at radius 1 is 1.18 bits per heavy atom. The number of carboxylic acids is 1. The van der Waals surface area contributed by atoms with Crippen LogP contribution in [0.15, 0.2) is 0 Å². The minimum absolute atomic E-state index is 0.00919. The first kappa shape index (κ1) is 16.0. The molecule has 0 amide bonds. The molecule has 124 valence electrons. The van der Waals surface area contributed by atoms with Crippen molar-refractivity contribution in [2.45, 2.75) is 71.3 Å². The van der Waals surface area contributed by atoms with Gasteiger partial charge in [-0.1, -0.05) is 13.8 Å². The molecule has 3 aliphatic rings. The van der Waals surface area contributed by atoms with Crippen LogP contribution in [0.3, 0.4) is 0 Å². The summed E-state index contributed by atoms with van der Waals surface area (Å²) in [6.45, 7) is 4.22. The molecule has 0 heterocycles. The largest absolute Gasteiger partial charge is 0.481 e. The van der Waals surface area contributed by atoms with E-state index < -0.39 is 11.4 Å². The van der Waals surface area contributed by atoms with E-state index in [0.717, 1.165) is 32.1 Å². The zero-order chi connectivity index (χ0) is 16.1. The Bertz CT molecular complexity index is 487. The van der Waals surface area contributed by atoms with Crippen molar-refractivity contribution in [2.75, 3.05) is 0 Å². The van der Waals surface area contributed by atoms with E-state index in [1.54, 1.807) is 0 Å². The highest BCUT2D eigenvalue weighted by atomic mass is 16.4. The first-order valence-corrected chi connectivity index (χ1v) is 8.72. The van der Waals surface area contributed by atoms with Gasteiger partial charge in [0.05, 0.1) is 6.10 Å². The average Bonchev–Trinajstić information content (AvgIpc) is 2.77. The zero-order valence-electron chi connectivity index (χ0n) is 13.7. The number of aliphatic hydroxyl groups excluding tert-OH is 1. The Kier molecular flexibility index (Phi) is 3.87. The highest BCUT2D eigenvalue weighted by Crippen LogP contribution is 2.62. The van der Waals surface area contributed by atoms with Crippen LogP contribution in [-0.2, 0) is 9.59 Å². The van der Waals surface area contributed by atoms with E-state index in [1.165, 1.54) is 0 Å². The van der Waals surface area contributed by atoms with Crippen LogP contribution in [0.4, 0.5) is 0 Å². The smallest absolute Gasteiger partial charge is 0.303 e. The third-order valence-electron chi connectivity index (χ3n) is 7.41. The molecule has 0 aromatic heterocycles. The van der Waals surface area contributed by atoms with Gasteiger partial charge in [0.15, 0.2) is 0 Å². The molecule has 3 rings (SSSR count). The number of carbonyl (C=O) groups is 2. The van der Waals surface area contributed by atoms with Crippen molar-refractivity contribution in [3.05, 3.63) is 0 Å². The summed E-state index contributed by atoms with van der Waals surface area (Å²) in [5.74, 6) is 0.729. The topological polar surface area (TPSA) is 74.6 Å². The lowest BCUT2D eigenvalue weighted by Crippen LogP contribution is -2.53. The third-order valence-corrected chi connectivity index (χ3v) is 7.41. The van der Waals surface area contributed by atoms with Crippen molar-refractivity contribution in [2.24, 2.45) is 28.6 Å². The summed E-state index contributed by atoms with van der Waals surface area (Å²) >= 11 is 0. The van der Waals surface area contributed by atoms with Gasteiger partial charge in [-0.25, -0.2) is 0 Å². The lowest BCUT2D eigenvalue weighted by Gasteiger charge is -2.55. The fraction of sp³-hybridized carbons (Fsp3) is 0.889. The molecule has 0 aromatic rings. The first-order chi connectivity index (χ1) is 10.3. The van der Waals surface area contributed by atoms with Gasteiger partial charge >= 0.3 is 5.97 Å². The number of ketones is 1. The number of hydrogen-bond acceptors (Lipinski definition) is 3. The zero-order valence-corrected chi connectivity index (χ0v) is 13.7. The minimum Gasteiger partial charge on any atom is -0.481 e. The summed E-state index contributed by atoms with van der Waals surface area (Å²) in [6.07, 6.45) is 5.71. The van der Waals surface area contributed by atoms with Crippen LogP contribution >= 0.6 is 0 Å². The van der Waals surface area contributed by atoms with Crippen LogP contribution in [0.5, 0.6) is 0 Å². The van der Waals surface area contributed by atoms with E-state index in [4.69, 9.17) is 5.11 Å². The van der Waals surface area contributed by atoms with Crippen LogP contribution in [0, 0.1) is 28.6 Å². The van der Waals surface area contributed by atoms with Gasteiger partial charge in [-0.2, -0.15) is 0 Å². The molecular weight excluding hydrogens is 280 g/mol. The van der Waals surface area contributed by atoms with Gasteiger partial charge < -0.3 is 10.2 Å². The number of aliphatic hydroxyl groups is 1. The molecule has 0 spiro atoms. The van der Waals surface area contributed by atoms with Gasteiger partial charge in [0.25, 0.3) is 0 Å². The SMILES string of the molecule is CC1(CCC(=O)O)C(=O)CCC2C1CCC1(C)C(O)CCC21. The number of hydrogen-bond donors (Lipinski definition) is 2. The van der Waals surface area contributed by atoms with Crippen LogP contribution in [0.2, 0.25) is 0 Å². The number of carboxylic acid groups (broad SMARTS) is 1. The number of Topliss-reactive ketones (excluding diaryl/α,β-unsaturated/α-hetero) is 1. The van der Waals surface area contributed by atoms with Crippen molar-refractivity contribution in [3.8, 4) is 0 Å². The van der Waals surface area contributed by atoms with Crippen molar-refractivity contribution in [1.29, 1.82) is 0 Å². The molecule has 0 saturated heterocycles. The van der Waals surface area contributed by atoms with Gasteiger partial charge in [0, 0.05) is 18.3 Å². The van der Waals surface area contributed by atoms with E-state index in [0.29, 0.717) is 30.6 Å². The van der Waals surface area contributed by atoms with E-state index in [1.807, 2.05) is 6.92 Å². The summed E-state index contributed by atoms with van der Waals surface area (Å²) in [7, 11) is 0. The Labute approximate surface area is 132 Å². The number of carbonyl (C=O) groups excluding carboxylic acids is 1. The Morgan fingerprint density at radius 2 is 1.91 bits per heavy atom. The van der Waals surface area contributed by atoms with Crippen LogP contribution in [-0.4, -0.2) is 28.1 Å². The Hall–Kier alpha value is -0.900. The van der Waals surface area contributed by atoms with E-state index in [9.17, 15) is 14.7 Å². The maximum atomic E-state index is 12.6. The molecule has 4 heteroatoms. The molecule has 0 aliphatic heterocycles. The Balaban J connectivity index is 1.86. The molecular formula is C18H28O4. The minimum atomic E-state index is -0.812. The molecule has 3 saturated carbocycles. The van der Waals surface area contributed by atoms with Gasteiger partial charge in [-0.05, 0) is 61.7 Å². The summed E-state index contributed by atoms with van der Waals surface area (Å²) in [4.78, 5) is 23.6. The van der Waals surface area contributed by atoms with Crippen LogP contribution in [0.25, 0.3) is 0 Å². The molecule has 2 N–H and O–H groups in total. The molecule has 22 heavy (non-hydrogen) atoms. The monoisotopic (exact) mass is 308 g/mol. The molecule has 6 atom stereocenters. The second kappa shape index (κ2) is 5.33. The predicted octanol–water partition coefficient (Wildman–Crippen LogP) is 3.02. The van der Waals surface area contributed by atoms with Crippen molar-refractivity contribution >= 4 is 11.8 Å². The van der Waals surface area contributed by atoms with Crippen LogP contribution < -0.4 is 0 Å². The second-order valence-corrected chi connectivity index (χ2v) is 8.29. The predicted molar refractivity (Wildman–Crippen MR) is 82.3 cm³/mol. The highest BCUT2D eigenvalue weighted by Gasteiger charge is 2.59. The van der Waals surface area contributed by atoms with Gasteiger partial charge in [0.2, 0.25) is 0 Å². The molecule has 0 bridgehead atoms. The second-order valence-electron chi connectivity index (χ2n) is 8.29. The molecule has 0 radical (unpaired) electrons. The standard InChI is InChI=1S/C18H28O4/c1-17-9-7-13-11(12(17)4-6-15(17)20)3-5-14(19)18(13,2)10-8-16(21)22/h11-13,15,20H,3-10H2,1-2H3,(H,21,22). The van der Waals surface area contributed by atoms with Crippen molar-refractivity contribution in [1.82, 2.24) is 0 Å². The van der Waals surface area contributed by atoms with Gasteiger partial charge in [-0.3, -0.25) is 9.59 Å². The summed E-state index contributed by atoms with van der Waals surface area (Å²) in [5.41, 5.74) is -0.467. The number of aliphatic carboxylic acids is 1. The summed E-state index contributed by atoms with van der Waals surface area (Å²) < 4.78 is 0. The lowest BCUT2D eigenvalue weighted by atomic mass is 9.49. The quantitative estimate of drug-likeness (QED) is 0.840. The maximum Gasteiger partial charge on any atom is 0.303 e. The van der Waals surface area contributed by atoms with Gasteiger partial charge in [-0.15, -0.1) is 0 Å². The van der Waals surface area contributed by atoms with Crippen molar-refractivity contribution in [3.63, 3.8) is 0 Å². The van der Waals surface area contributed by atoms with Crippen molar-refractivity contribution < 1.29 is 19.8 Å². The lowest BCUT2D eigenvalue weighted by molar-refractivity contribution is -0.149. The summed E-state index contributed by atoms with van der Waals surface area (Å²) in [6, 6.07) is 0. The molecule has 0 aromatic carbocycles. The third kappa shape index (κ3) is 2.22. The normalized spacial score (nSPS) is 47.9. The highest BCUT2D eigenvalue weighted by molar-refractivity contribution is 5.86. The van der Waals surface area contributed by atoms with E-state index in [-0.39, 0.29) is 23.7 Å². The van der Waals surface area contributed by atoms with Gasteiger partial charge in [0.1, 0.15) is 5.78 Å². The van der Waals surface area contributed by atoms with E-state index >= 15 is 0 Å². The number of fused-ring (bicyclic) bond motifs is 3. The van der Waals surface area contributed by atoms with E-state index in [2.05, 4.69) is 6.92 Å².